The van der Waals surface area contributed by atoms with Crippen LogP contribution in [0.5, 0.6) is 0 Å². The molecule has 2 nitrogen and oxygen atoms in total. The molecule has 14 heavy (non-hydrogen) atoms. The van der Waals surface area contributed by atoms with Gasteiger partial charge >= 0.3 is 5.97 Å². The highest BCUT2D eigenvalue weighted by Crippen LogP contribution is 2.40. The summed E-state index contributed by atoms with van der Waals surface area (Å²) in [4.78, 5) is 11.6. The fourth-order valence-corrected chi connectivity index (χ4v) is 2.92. The Balaban J connectivity index is 2.11. The molecule has 0 aromatic heterocycles. The first kappa shape index (κ1) is 9.75. The van der Waals surface area contributed by atoms with E-state index in [2.05, 4.69) is 12.2 Å². The second-order valence-corrected chi connectivity index (χ2v) is 4.41. The molecule has 0 aromatic carbocycles. The number of ether oxygens (including phenoxy) is 1. The maximum absolute atomic E-state index is 11.6. The van der Waals surface area contributed by atoms with Crippen LogP contribution in [0.25, 0.3) is 0 Å². The van der Waals surface area contributed by atoms with E-state index in [0.29, 0.717) is 11.8 Å². The lowest BCUT2D eigenvalue weighted by molar-refractivity contribution is -0.148. The topological polar surface area (TPSA) is 26.3 Å². The van der Waals surface area contributed by atoms with Crippen LogP contribution in [0, 0.1) is 17.8 Å². The van der Waals surface area contributed by atoms with Crippen LogP contribution in [0.2, 0.25) is 0 Å². The van der Waals surface area contributed by atoms with Crippen molar-refractivity contribution in [2.75, 3.05) is 7.11 Å². The van der Waals surface area contributed by atoms with Gasteiger partial charge in [-0.2, -0.15) is 0 Å². The van der Waals surface area contributed by atoms with Crippen molar-refractivity contribution in [3.63, 3.8) is 0 Å². The van der Waals surface area contributed by atoms with E-state index in [0.717, 1.165) is 6.42 Å². The van der Waals surface area contributed by atoms with Gasteiger partial charge in [-0.05, 0) is 31.1 Å². The lowest BCUT2D eigenvalue weighted by Gasteiger charge is -2.36. The molecular formula is C12H18O2. The zero-order valence-electron chi connectivity index (χ0n) is 8.74. The molecule has 0 saturated heterocycles. The zero-order chi connectivity index (χ0) is 9.97. The minimum Gasteiger partial charge on any atom is -0.469 e. The number of esters is 1. The summed E-state index contributed by atoms with van der Waals surface area (Å²) in [6.07, 6.45) is 10.4. The van der Waals surface area contributed by atoms with Crippen molar-refractivity contribution in [2.45, 2.75) is 32.1 Å². The van der Waals surface area contributed by atoms with Crippen LogP contribution in [0.15, 0.2) is 12.2 Å². The summed E-state index contributed by atoms with van der Waals surface area (Å²) < 4.78 is 4.87. The molecule has 0 spiro atoms. The van der Waals surface area contributed by atoms with Crippen LogP contribution in [-0.4, -0.2) is 13.1 Å². The fourth-order valence-electron chi connectivity index (χ4n) is 2.92. The molecule has 0 radical (unpaired) electrons. The van der Waals surface area contributed by atoms with Gasteiger partial charge in [0.25, 0.3) is 0 Å². The number of hydrogen-bond acceptors (Lipinski definition) is 2. The van der Waals surface area contributed by atoms with Gasteiger partial charge in [0.05, 0.1) is 13.0 Å². The Morgan fingerprint density at radius 1 is 1.36 bits per heavy atom. The van der Waals surface area contributed by atoms with Gasteiger partial charge in [-0.1, -0.05) is 25.0 Å². The summed E-state index contributed by atoms with van der Waals surface area (Å²) in [5.74, 6) is 1.32. The normalized spacial score (nSPS) is 36.2. The molecule has 2 heteroatoms. The molecule has 0 unspecified atom stereocenters. The number of allylic oxidation sites excluding steroid dienone is 2. The van der Waals surface area contributed by atoms with Crippen molar-refractivity contribution in [1.82, 2.24) is 0 Å². The number of hydrogen-bond donors (Lipinski definition) is 0. The third-order valence-corrected chi connectivity index (χ3v) is 3.67. The second-order valence-electron chi connectivity index (χ2n) is 4.41. The Hall–Kier alpha value is -0.790. The molecule has 2 aliphatic rings. The van der Waals surface area contributed by atoms with Gasteiger partial charge in [-0.25, -0.2) is 0 Å². The number of methoxy groups -OCH3 is 1. The summed E-state index contributed by atoms with van der Waals surface area (Å²) in [6.45, 7) is 0. The molecule has 2 rings (SSSR count). The third kappa shape index (κ3) is 1.70. The van der Waals surface area contributed by atoms with E-state index < -0.39 is 0 Å². The third-order valence-electron chi connectivity index (χ3n) is 3.67. The van der Waals surface area contributed by atoms with Crippen LogP contribution >= 0.6 is 0 Å². The summed E-state index contributed by atoms with van der Waals surface area (Å²) in [7, 11) is 1.50. The number of carbonyl (C=O) groups excluding carboxylic acids is 1. The van der Waals surface area contributed by atoms with Crippen LogP contribution < -0.4 is 0 Å². The fraction of sp³-hybridized carbons (Fsp3) is 0.750. The predicted molar refractivity (Wildman–Crippen MR) is 54.7 cm³/mol. The first-order chi connectivity index (χ1) is 6.83. The van der Waals surface area contributed by atoms with Crippen LogP contribution in [0.4, 0.5) is 0 Å². The molecule has 78 valence electrons. The summed E-state index contributed by atoms with van der Waals surface area (Å²) in [5.41, 5.74) is 0. The first-order valence-electron chi connectivity index (χ1n) is 5.57. The average Bonchev–Trinajstić information content (AvgIpc) is 2.27. The van der Waals surface area contributed by atoms with Crippen molar-refractivity contribution in [1.29, 1.82) is 0 Å². The molecule has 1 fully saturated rings. The van der Waals surface area contributed by atoms with Gasteiger partial charge in [0, 0.05) is 0 Å². The van der Waals surface area contributed by atoms with Crippen molar-refractivity contribution in [3.05, 3.63) is 12.2 Å². The standard InChI is InChI=1S/C12H18O2/c1-14-12(13)11-8-4-6-9-5-2-3-7-10(9)11/h4,6,9-11H,2-3,5,7-8H2,1H3/t9-,10+,11+/m0/s1. The molecule has 0 aliphatic heterocycles. The molecule has 0 aromatic rings. The summed E-state index contributed by atoms with van der Waals surface area (Å²) in [5, 5.41) is 0. The van der Waals surface area contributed by atoms with E-state index in [1.54, 1.807) is 0 Å². The molecule has 0 heterocycles. The Kier molecular flexibility index (Phi) is 2.90. The largest absolute Gasteiger partial charge is 0.469 e. The monoisotopic (exact) mass is 194 g/mol. The zero-order valence-corrected chi connectivity index (χ0v) is 8.74. The SMILES string of the molecule is COC(=O)[C@@H]1CC=C[C@@H]2CCCC[C@H]21. The maximum atomic E-state index is 11.6. The van der Waals surface area contributed by atoms with E-state index in [1.165, 1.54) is 32.8 Å². The highest BCUT2D eigenvalue weighted by atomic mass is 16.5. The average molecular weight is 194 g/mol. The molecule has 0 bridgehead atoms. The molecule has 0 N–H and O–H groups in total. The van der Waals surface area contributed by atoms with Gasteiger partial charge in [-0.3, -0.25) is 4.79 Å². The van der Waals surface area contributed by atoms with Crippen LogP contribution in [0.3, 0.4) is 0 Å². The molecule has 1 saturated carbocycles. The Morgan fingerprint density at radius 3 is 2.93 bits per heavy atom. The van der Waals surface area contributed by atoms with Gasteiger partial charge in [0.1, 0.15) is 0 Å². The summed E-state index contributed by atoms with van der Waals surface area (Å²) in [6, 6.07) is 0. The first-order valence-corrected chi connectivity index (χ1v) is 5.57. The predicted octanol–water partition coefficient (Wildman–Crippen LogP) is 2.54. The minimum atomic E-state index is -0.00810. The van der Waals surface area contributed by atoms with E-state index in [9.17, 15) is 4.79 Å². The number of rotatable bonds is 1. The molecule has 0 amide bonds. The van der Waals surface area contributed by atoms with Gasteiger partial charge < -0.3 is 4.74 Å². The van der Waals surface area contributed by atoms with E-state index in [-0.39, 0.29) is 11.9 Å². The van der Waals surface area contributed by atoms with Crippen LogP contribution in [0.1, 0.15) is 32.1 Å². The lowest BCUT2D eigenvalue weighted by atomic mass is 9.68. The van der Waals surface area contributed by atoms with Crippen molar-refractivity contribution in [3.8, 4) is 0 Å². The number of carbonyl (C=O) groups is 1. The lowest BCUT2D eigenvalue weighted by Crippen LogP contribution is -2.33. The minimum absolute atomic E-state index is 0.00810. The van der Waals surface area contributed by atoms with Gasteiger partial charge in [-0.15, -0.1) is 0 Å². The van der Waals surface area contributed by atoms with Gasteiger partial charge in [0.2, 0.25) is 0 Å². The van der Waals surface area contributed by atoms with E-state index in [1.807, 2.05) is 0 Å². The summed E-state index contributed by atoms with van der Waals surface area (Å²) >= 11 is 0. The maximum Gasteiger partial charge on any atom is 0.309 e. The van der Waals surface area contributed by atoms with Crippen molar-refractivity contribution in [2.24, 2.45) is 17.8 Å². The number of fused-ring (bicyclic) bond motifs is 1. The smallest absolute Gasteiger partial charge is 0.309 e. The molecule has 3 atom stereocenters. The molecular weight excluding hydrogens is 176 g/mol. The van der Waals surface area contributed by atoms with Crippen LogP contribution in [-0.2, 0) is 9.53 Å². The van der Waals surface area contributed by atoms with E-state index >= 15 is 0 Å². The Labute approximate surface area is 85.3 Å². The second kappa shape index (κ2) is 4.16. The Morgan fingerprint density at radius 2 is 2.14 bits per heavy atom. The highest BCUT2D eigenvalue weighted by Gasteiger charge is 2.36. The quantitative estimate of drug-likeness (QED) is 0.473. The Bertz CT molecular complexity index is 245. The van der Waals surface area contributed by atoms with E-state index in [4.69, 9.17) is 4.74 Å². The molecule has 2 aliphatic carbocycles. The van der Waals surface area contributed by atoms with Crippen molar-refractivity contribution >= 4 is 5.97 Å². The van der Waals surface area contributed by atoms with Gasteiger partial charge in [0.15, 0.2) is 0 Å². The highest BCUT2D eigenvalue weighted by molar-refractivity contribution is 5.73. The van der Waals surface area contributed by atoms with Crippen molar-refractivity contribution < 1.29 is 9.53 Å².